The van der Waals surface area contributed by atoms with Gasteiger partial charge in [0.1, 0.15) is 11.8 Å². The highest BCUT2D eigenvalue weighted by atomic mass is 19.1. The van der Waals surface area contributed by atoms with E-state index in [0.29, 0.717) is 36.7 Å². The summed E-state index contributed by atoms with van der Waals surface area (Å²) in [6, 6.07) is 1.49. The molecule has 4 atom stereocenters. The van der Waals surface area contributed by atoms with E-state index in [1.54, 1.807) is 6.92 Å². The van der Waals surface area contributed by atoms with Crippen molar-refractivity contribution in [3.63, 3.8) is 0 Å². The average molecular weight is 751 g/mol. The fourth-order valence-electron chi connectivity index (χ4n) is 5.94. The van der Waals surface area contributed by atoms with Crippen molar-refractivity contribution in [1.29, 1.82) is 0 Å². The summed E-state index contributed by atoms with van der Waals surface area (Å²) in [5, 5.41) is 0. The maximum Gasteiger partial charge on any atom is 0.110 e. The first-order valence-electron chi connectivity index (χ1n) is 21.5. The van der Waals surface area contributed by atoms with Crippen LogP contribution in [0.15, 0.2) is 0 Å². The molecule has 1 aliphatic heterocycles. The predicted molar refractivity (Wildman–Crippen MR) is 231 cm³/mol. The van der Waals surface area contributed by atoms with Crippen LogP contribution in [0.4, 0.5) is 8.78 Å². The second kappa shape index (κ2) is 32.9. The summed E-state index contributed by atoms with van der Waals surface area (Å²) in [6.07, 6.45) is 3.78. The molecule has 1 saturated heterocycles. The van der Waals surface area contributed by atoms with Crippen LogP contribution < -0.4 is 0 Å². The van der Waals surface area contributed by atoms with Gasteiger partial charge in [-0.2, -0.15) is 0 Å². The highest BCUT2D eigenvalue weighted by Gasteiger charge is 2.28. The Balaban J connectivity index is -0.000000281. The number of hydrogen-bond donors (Lipinski definition) is 0. The maximum absolute atomic E-state index is 13.5. The largest absolute Gasteiger partial charge is 0.379 e. The molecule has 52 heavy (non-hydrogen) atoms. The van der Waals surface area contributed by atoms with E-state index in [9.17, 15) is 8.78 Å². The van der Waals surface area contributed by atoms with E-state index in [2.05, 4.69) is 135 Å². The minimum atomic E-state index is -0.978. The molecule has 0 aliphatic carbocycles. The molecule has 0 bridgehead atoms. The molecule has 320 valence electrons. The number of halogens is 2. The van der Waals surface area contributed by atoms with Gasteiger partial charge in [-0.1, -0.05) is 125 Å². The van der Waals surface area contributed by atoms with Gasteiger partial charge in [0.05, 0.1) is 19.3 Å². The molecule has 1 heterocycles. The van der Waals surface area contributed by atoms with E-state index in [1.165, 1.54) is 12.8 Å². The Bertz CT molecular complexity index is 727. The molecule has 1 fully saturated rings. The van der Waals surface area contributed by atoms with Crippen molar-refractivity contribution in [3.8, 4) is 0 Å². The molecule has 0 radical (unpaired) electrons. The van der Waals surface area contributed by atoms with E-state index < -0.39 is 11.8 Å². The van der Waals surface area contributed by atoms with Gasteiger partial charge < -0.3 is 14.4 Å². The summed E-state index contributed by atoms with van der Waals surface area (Å²) in [5.41, 5.74) is -0.978. The molecule has 0 spiro atoms. The van der Waals surface area contributed by atoms with Crippen molar-refractivity contribution >= 4 is 0 Å². The van der Waals surface area contributed by atoms with E-state index in [-0.39, 0.29) is 11.8 Å². The van der Waals surface area contributed by atoms with Crippen molar-refractivity contribution in [3.05, 3.63) is 0 Å². The number of alkyl halides is 2. The molecule has 6 heteroatoms. The van der Waals surface area contributed by atoms with Gasteiger partial charge in [-0.15, -0.1) is 0 Å². The predicted octanol–water partition coefficient (Wildman–Crippen LogP) is 13.5. The van der Waals surface area contributed by atoms with Crippen LogP contribution >= 0.6 is 0 Å². The van der Waals surface area contributed by atoms with Gasteiger partial charge in [0.15, 0.2) is 0 Å². The van der Waals surface area contributed by atoms with E-state index in [4.69, 9.17) is 9.47 Å². The van der Waals surface area contributed by atoms with Gasteiger partial charge in [0.2, 0.25) is 0 Å². The lowest BCUT2D eigenvalue weighted by Crippen LogP contribution is -2.46. The molecule has 4 nitrogen and oxygen atoms in total. The van der Waals surface area contributed by atoms with Crippen LogP contribution in [0.2, 0.25) is 0 Å². The lowest BCUT2D eigenvalue weighted by Gasteiger charge is -2.37. The Morgan fingerprint density at radius 1 is 0.615 bits per heavy atom. The molecule has 4 unspecified atom stereocenters. The van der Waals surface area contributed by atoms with E-state index in [0.717, 1.165) is 68.7 Å². The van der Waals surface area contributed by atoms with Gasteiger partial charge in [-0.3, -0.25) is 4.90 Å². The molecule has 0 N–H and O–H groups in total. The highest BCUT2D eigenvalue weighted by Crippen LogP contribution is 2.28. The lowest BCUT2D eigenvalue weighted by atomic mass is 9.86. The van der Waals surface area contributed by atoms with Crippen LogP contribution in [0.1, 0.15) is 171 Å². The summed E-state index contributed by atoms with van der Waals surface area (Å²) >= 11 is 0. The van der Waals surface area contributed by atoms with Crippen LogP contribution in [0.5, 0.6) is 0 Å². The smallest absolute Gasteiger partial charge is 0.110 e. The normalized spacial score (nSPS) is 16.8. The zero-order valence-corrected chi connectivity index (χ0v) is 39.8. The quantitative estimate of drug-likeness (QED) is 0.148. The summed E-state index contributed by atoms with van der Waals surface area (Å²) in [7, 11) is 4.35. The first-order valence-corrected chi connectivity index (χ1v) is 21.5. The summed E-state index contributed by atoms with van der Waals surface area (Å²) in [5.74, 6) is 5.07. The second-order valence-electron chi connectivity index (χ2n) is 19.7. The van der Waals surface area contributed by atoms with Crippen LogP contribution in [0, 0.1) is 53.3 Å². The van der Waals surface area contributed by atoms with Gasteiger partial charge >= 0.3 is 0 Å². The average Bonchev–Trinajstić information content (AvgIpc) is 2.97. The van der Waals surface area contributed by atoms with Crippen LogP contribution in [0.3, 0.4) is 0 Å². The summed E-state index contributed by atoms with van der Waals surface area (Å²) in [6.45, 7) is 49.5. The van der Waals surface area contributed by atoms with Crippen LogP contribution in [-0.2, 0) is 9.47 Å². The number of ether oxygens (including phenoxy) is 2. The molecule has 0 amide bonds. The number of morpholine rings is 1. The van der Waals surface area contributed by atoms with Gasteiger partial charge in [-0.05, 0) is 114 Å². The minimum Gasteiger partial charge on any atom is -0.379 e. The molecular weight excluding hydrogens is 651 g/mol. The Labute approximate surface area is 328 Å². The molecule has 0 saturated carbocycles. The standard InChI is InChI=1S/C12H25NO.C10H23N.C9H19F.C8H17F.C7H16O/c1-10(2)9-12(11(3)4)13-5-7-14-8-6-13;1-8(2)7-10(9(3)4)11(5)6;1-7(2)6-9(5,10)8(3)4;1-6(2)5-8(9)7(3)4;1-6(2)5-8-7(3)4/h10-12H,5-9H2,1-4H3;8-10H,7H2,1-6H3;7-8H,6H2,1-5H3;6-8H,5H2,1-4H3;6-7H,5H2,1-4H3. The zero-order valence-electron chi connectivity index (χ0n) is 39.8. The van der Waals surface area contributed by atoms with Crippen molar-refractivity contribution in [2.75, 3.05) is 47.0 Å². The fraction of sp³-hybridized carbons (Fsp3) is 1.00. The number of rotatable bonds is 17. The Hall–Kier alpha value is -0.300. The summed E-state index contributed by atoms with van der Waals surface area (Å²) in [4.78, 5) is 4.94. The van der Waals surface area contributed by atoms with Crippen molar-refractivity contribution in [2.45, 2.75) is 201 Å². The third-order valence-electron chi connectivity index (χ3n) is 9.34. The SMILES string of the molecule is CC(C)CC(C(C)C)N(C)C.CC(C)CC(C(C)C)N1CCOCC1.CC(C)CC(C)(F)C(C)C.CC(C)CC(F)C(C)C.CC(C)COC(C)C. The Morgan fingerprint density at radius 3 is 1.25 bits per heavy atom. The zero-order chi connectivity index (χ0) is 41.9. The van der Waals surface area contributed by atoms with Crippen molar-refractivity contribution in [1.82, 2.24) is 9.80 Å². The first kappa shape index (κ1) is 58.4. The highest BCUT2D eigenvalue weighted by molar-refractivity contribution is 4.79. The van der Waals surface area contributed by atoms with Crippen LogP contribution in [0.25, 0.3) is 0 Å². The Kier molecular flexibility index (Phi) is 37.0. The van der Waals surface area contributed by atoms with Crippen molar-refractivity contribution < 1.29 is 18.3 Å². The second-order valence-corrected chi connectivity index (χ2v) is 19.7. The van der Waals surface area contributed by atoms with E-state index >= 15 is 0 Å². The number of nitrogens with zero attached hydrogens (tertiary/aromatic N) is 2. The molecule has 1 rings (SSSR count). The van der Waals surface area contributed by atoms with Gasteiger partial charge in [0, 0.05) is 31.8 Å². The monoisotopic (exact) mass is 751 g/mol. The van der Waals surface area contributed by atoms with Gasteiger partial charge in [-0.25, -0.2) is 8.78 Å². The minimum absolute atomic E-state index is 0.134. The topological polar surface area (TPSA) is 24.9 Å². The third-order valence-corrected chi connectivity index (χ3v) is 9.34. The lowest BCUT2D eigenvalue weighted by molar-refractivity contribution is 0.00121. The van der Waals surface area contributed by atoms with Gasteiger partial charge in [0.25, 0.3) is 0 Å². The first-order chi connectivity index (χ1) is 23.6. The fourth-order valence-corrected chi connectivity index (χ4v) is 5.94. The Morgan fingerprint density at radius 2 is 1.06 bits per heavy atom. The molecular formula is C46H100F2N2O2. The molecule has 0 aromatic carbocycles. The van der Waals surface area contributed by atoms with Crippen LogP contribution in [-0.4, -0.2) is 86.8 Å². The molecule has 0 aromatic rings. The number of hydrogen-bond acceptors (Lipinski definition) is 4. The maximum atomic E-state index is 13.5. The van der Waals surface area contributed by atoms with Crippen molar-refractivity contribution in [2.24, 2.45) is 53.3 Å². The molecule has 0 aromatic heterocycles. The third kappa shape index (κ3) is 38.0. The summed E-state index contributed by atoms with van der Waals surface area (Å²) < 4.78 is 36.9. The molecule has 1 aliphatic rings. The van der Waals surface area contributed by atoms with E-state index in [1.807, 2.05) is 27.7 Å².